The summed E-state index contributed by atoms with van der Waals surface area (Å²) in [6.45, 7) is 4.81. The third kappa shape index (κ3) is 71.8. The van der Waals surface area contributed by atoms with Gasteiger partial charge in [-0.2, -0.15) is 0 Å². The Morgan fingerprint density at radius 1 is 0.348 bits per heavy atom. The topological polar surface area (TPSA) is 108 Å². The molecule has 1 N–H and O–H groups in total. The summed E-state index contributed by atoms with van der Waals surface area (Å²) in [6.07, 6.45) is 92.9. The standard InChI is InChI=1S/C80H143NO8/c1-6-8-10-12-14-16-18-20-22-24-26-28-30-32-34-36-38-39-41-43-45-47-49-51-53-55-57-59-61-63-65-67-69-71-78(83)89-76(75-88-80(79(84)85)86-73-72-81(3,4)5)74-87-77(82)70-68-66-64-62-60-58-56-54-52-50-48-46-44-42-40-37-35-33-31-29-27-25-23-21-19-17-15-13-11-9-7-2/h8,10,14,16,20,22,26,28,32,34,38-39,43,45,76,80H,6-7,9,11-13,15,17-19,21,23-25,27,29-31,33,35-37,40-42,44,46-75H2,1-5H3/p+1/b10-8-,16-14-,22-20-,28-26-,34-32-,39-38-,45-43-. The van der Waals surface area contributed by atoms with Crippen LogP contribution in [0.4, 0.5) is 0 Å². The van der Waals surface area contributed by atoms with Gasteiger partial charge < -0.3 is 28.5 Å². The Hall–Kier alpha value is -3.53. The Morgan fingerprint density at radius 3 is 0.955 bits per heavy atom. The zero-order chi connectivity index (χ0) is 64.7. The lowest BCUT2D eigenvalue weighted by atomic mass is 10.0. The molecule has 9 heteroatoms. The molecule has 0 aromatic heterocycles. The highest BCUT2D eigenvalue weighted by atomic mass is 16.7. The highest BCUT2D eigenvalue weighted by Crippen LogP contribution is 2.19. The Morgan fingerprint density at radius 2 is 0.640 bits per heavy atom. The van der Waals surface area contributed by atoms with Crippen LogP contribution in [0, 0.1) is 0 Å². The molecule has 516 valence electrons. The van der Waals surface area contributed by atoms with Crippen molar-refractivity contribution >= 4 is 17.9 Å². The van der Waals surface area contributed by atoms with Gasteiger partial charge in [0.2, 0.25) is 0 Å². The molecule has 0 aliphatic carbocycles. The van der Waals surface area contributed by atoms with E-state index < -0.39 is 24.3 Å². The fraction of sp³-hybridized carbons (Fsp3) is 0.787. The van der Waals surface area contributed by atoms with Crippen molar-refractivity contribution in [3.8, 4) is 0 Å². The van der Waals surface area contributed by atoms with Gasteiger partial charge in [-0.05, 0) is 70.6 Å². The molecule has 0 aromatic rings. The van der Waals surface area contributed by atoms with E-state index in [1.165, 1.54) is 225 Å². The number of nitrogens with zero attached hydrogens (tertiary/aromatic N) is 1. The minimum absolute atomic E-state index is 0.182. The predicted octanol–water partition coefficient (Wildman–Crippen LogP) is 23.8. The van der Waals surface area contributed by atoms with Gasteiger partial charge in [0.05, 0.1) is 34.4 Å². The van der Waals surface area contributed by atoms with Gasteiger partial charge in [0.1, 0.15) is 13.2 Å². The monoisotopic (exact) mass is 1250 g/mol. The van der Waals surface area contributed by atoms with Crippen molar-refractivity contribution in [2.45, 2.75) is 360 Å². The lowest BCUT2D eigenvalue weighted by Crippen LogP contribution is -2.40. The molecule has 0 aromatic carbocycles. The molecule has 0 heterocycles. The van der Waals surface area contributed by atoms with E-state index in [0.717, 1.165) is 89.9 Å². The maximum absolute atomic E-state index is 13.0. The third-order valence-electron chi connectivity index (χ3n) is 16.7. The van der Waals surface area contributed by atoms with Crippen LogP contribution in [-0.2, 0) is 33.3 Å². The average Bonchev–Trinajstić information content (AvgIpc) is 3.64. The maximum atomic E-state index is 13.0. The zero-order valence-electron chi connectivity index (χ0n) is 59.1. The summed E-state index contributed by atoms with van der Waals surface area (Å²) in [7, 11) is 5.99. The number of likely N-dealkylation sites (N-methyl/N-ethyl adjacent to an activating group) is 1. The number of quaternary nitrogens is 1. The molecule has 0 saturated heterocycles. The second-order valence-corrected chi connectivity index (χ2v) is 26.6. The van der Waals surface area contributed by atoms with Gasteiger partial charge in [0.25, 0.3) is 6.29 Å². The highest BCUT2D eigenvalue weighted by molar-refractivity contribution is 5.71. The van der Waals surface area contributed by atoms with Crippen LogP contribution < -0.4 is 0 Å². The van der Waals surface area contributed by atoms with E-state index in [0.29, 0.717) is 23.9 Å². The van der Waals surface area contributed by atoms with Crippen LogP contribution in [0.2, 0.25) is 0 Å². The maximum Gasteiger partial charge on any atom is 0.361 e. The number of hydrogen-bond acceptors (Lipinski definition) is 7. The number of esters is 2. The van der Waals surface area contributed by atoms with E-state index in [4.69, 9.17) is 18.9 Å². The zero-order valence-corrected chi connectivity index (χ0v) is 59.1. The van der Waals surface area contributed by atoms with E-state index in [9.17, 15) is 19.5 Å². The molecule has 0 fully saturated rings. The molecule has 2 unspecified atom stereocenters. The van der Waals surface area contributed by atoms with E-state index in [1.54, 1.807) is 0 Å². The molecule has 9 nitrogen and oxygen atoms in total. The Balaban J connectivity index is 4.07. The SMILES string of the molecule is CC/C=C\C/C=C\C/C=C\C/C=C\C/C=C\C/C=C\C/C=C\CCCCCCCCCCCCCC(=O)OC(COC(=O)CCCCCCCCCCCCCCCCCCCCCCCCCCCCCCCCC)COC(OCC[N+](C)(C)C)C(=O)O. The number of carboxylic acids is 1. The largest absolute Gasteiger partial charge is 0.477 e. The van der Waals surface area contributed by atoms with E-state index >= 15 is 0 Å². The van der Waals surface area contributed by atoms with Gasteiger partial charge in [-0.3, -0.25) is 9.59 Å². The normalized spacial score (nSPS) is 13.1. The summed E-state index contributed by atoms with van der Waals surface area (Å²) in [5.74, 6) is -1.99. The first-order chi connectivity index (χ1) is 43.6. The summed E-state index contributed by atoms with van der Waals surface area (Å²) in [6, 6.07) is 0. The number of carbonyl (C=O) groups is 3. The number of allylic oxidation sites excluding steroid dienone is 14. The van der Waals surface area contributed by atoms with Crippen molar-refractivity contribution in [1.29, 1.82) is 0 Å². The Kier molecular flexibility index (Phi) is 67.6. The van der Waals surface area contributed by atoms with Crippen LogP contribution in [-0.4, -0.2) is 87.4 Å². The number of unbranched alkanes of at least 4 members (excludes halogenated alkanes) is 41. The van der Waals surface area contributed by atoms with Crippen molar-refractivity contribution in [2.75, 3.05) is 47.5 Å². The van der Waals surface area contributed by atoms with E-state index in [2.05, 4.69) is 98.9 Å². The summed E-state index contributed by atoms with van der Waals surface area (Å²) < 4.78 is 23.0. The minimum Gasteiger partial charge on any atom is -0.477 e. The van der Waals surface area contributed by atoms with E-state index in [1.807, 2.05) is 21.1 Å². The Bertz CT molecular complexity index is 1740. The smallest absolute Gasteiger partial charge is 0.361 e. The fourth-order valence-electron chi connectivity index (χ4n) is 10.9. The van der Waals surface area contributed by atoms with Crippen LogP contribution >= 0.6 is 0 Å². The van der Waals surface area contributed by atoms with Gasteiger partial charge in [-0.1, -0.05) is 349 Å². The molecule has 0 radical (unpaired) electrons. The third-order valence-corrected chi connectivity index (χ3v) is 16.7. The predicted molar refractivity (Wildman–Crippen MR) is 382 cm³/mol. The van der Waals surface area contributed by atoms with Crippen LogP contribution in [0.15, 0.2) is 85.1 Å². The highest BCUT2D eigenvalue weighted by Gasteiger charge is 2.25. The lowest BCUT2D eigenvalue weighted by molar-refractivity contribution is -0.870. The molecule has 0 aliphatic heterocycles. The number of ether oxygens (including phenoxy) is 4. The lowest BCUT2D eigenvalue weighted by Gasteiger charge is -2.25. The number of rotatable bonds is 70. The van der Waals surface area contributed by atoms with Gasteiger partial charge in [0.15, 0.2) is 6.10 Å². The summed E-state index contributed by atoms with van der Waals surface area (Å²) in [5, 5.41) is 9.76. The summed E-state index contributed by atoms with van der Waals surface area (Å²) >= 11 is 0. The molecule has 0 spiro atoms. The van der Waals surface area contributed by atoms with Crippen molar-refractivity contribution in [1.82, 2.24) is 0 Å². The fourth-order valence-corrected chi connectivity index (χ4v) is 10.9. The van der Waals surface area contributed by atoms with Gasteiger partial charge in [-0.15, -0.1) is 0 Å². The molecular formula is C80H144NO8+. The second kappa shape index (κ2) is 70.3. The van der Waals surface area contributed by atoms with Crippen LogP contribution in [0.1, 0.15) is 348 Å². The molecule has 2 atom stereocenters. The first kappa shape index (κ1) is 85.5. The van der Waals surface area contributed by atoms with Crippen molar-refractivity contribution in [3.05, 3.63) is 85.1 Å². The number of carboxylic acid groups (broad SMARTS) is 1. The van der Waals surface area contributed by atoms with Gasteiger partial charge in [-0.25, -0.2) is 4.79 Å². The summed E-state index contributed by atoms with van der Waals surface area (Å²) in [5.41, 5.74) is 0. The summed E-state index contributed by atoms with van der Waals surface area (Å²) in [4.78, 5) is 37.7. The minimum atomic E-state index is -1.51. The van der Waals surface area contributed by atoms with Crippen molar-refractivity contribution in [3.63, 3.8) is 0 Å². The quantitative estimate of drug-likeness (QED) is 0.0211. The molecule has 0 amide bonds. The first-order valence-corrected chi connectivity index (χ1v) is 37.8. The molecule has 0 rings (SSSR count). The second-order valence-electron chi connectivity index (χ2n) is 26.6. The van der Waals surface area contributed by atoms with Gasteiger partial charge in [0, 0.05) is 12.8 Å². The molecular weight excluding hydrogens is 1100 g/mol. The average molecular weight is 1250 g/mol. The van der Waals surface area contributed by atoms with Crippen LogP contribution in [0.5, 0.6) is 0 Å². The van der Waals surface area contributed by atoms with Crippen molar-refractivity contribution in [2.24, 2.45) is 0 Å². The first-order valence-electron chi connectivity index (χ1n) is 37.8. The number of aliphatic carboxylic acids is 1. The number of hydrogen-bond donors (Lipinski definition) is 1. The number of carbonyl (C=O) groups excluding carboxylic acids is 2. The molecule has 0 bridgehead atoms. The molecule has 0 saturated carbocycles. The van der Waals surface area contributed by atoms with Crippen LogP contribution in [0.3, 0.4) is 0 Å². The molecule has 0 aliphatic rings. The molecule has 89 heavy (non-hydrogen) atoms. The van der Waals surface area contributed by atoms with Gasteiger partial charge >= 0.3 is 17.9 Å². The van der Waals surface area contributed by atoms with Crippen LogP contribution in [0.25, 0.3) is 0 Å². The van der Waals surface area contributed by atoms with E-state index in [-0.39, 0.29) is 32.2 Å². The van der Waals surface area contributed by atoms with Crippen molar-refractivity contribution < 1.29 is 42.9 Å². The Labute approximate surface area is 550 Å².